The zero-order valence-electron chi connectivity index (χ0n) is 14.8. The maximum absolute atomic E-state index is 4.71. The molecule has 6 nitrogen and oxygen atoms in total. The lowest BCUT2D eigenvalue weighted by molar-refractivity contribution is -0.684. The van der Waals surface area contributed by atoms with Crippen molar-refractivity contribution < 1.29 is 4.57 Å². The molecule has 0 amide bonds. The third kappa shape index (κ3) is 3.05. The van der Waals surface area contributed by atoms with Crippen LogP contribution in [0.1, 0.15) is 5.69 Å². The number of fused-ring (bicyclic) bond motifs is 2. The van der Waals surface area contributed by atoms with E-state index in [-0.39, 0.29) is 0 Å². The summed E-state index contributed by atoms with van der Waals surface area (Å²) < 4.78 is 2.18. The van der Waals surface area contributed by atoms with Crippen molar-refractivity contribution in [2.45, 2.75) is 11.4 Å². The molecule has 0 radical (unpaired) electrons. The number of likely N-dealkylation sites (N-methyl/N-ethyl adjacent to an activating group) is 1. The molecule has 3 heterocycles. The van der Waals surface area contributed by atoms with Gasteiger partial charge in [0.1, 0.15) is 6.67 Å². The Balaban J connectivity index is 1.65. The molecule has 25 heavy (non-hydrogen) atoms. The van der Waals surface area contributed by atoms with Crippen molar-refractivity contribution in [3.8, 4) is 0 Å². The van der Waals surface area contributed by atoms with Crippen LogP contribution in [0.3, 0.4) is 0 Å². The SMILES string of the molecule is CN(C)CC[n+]1cnc(/C=C2\Sc3ccccc3N2C)c2c1NCN2. The molecule has 0 bridgehead atoms. The molecule has 2 aromatic rings. The first kappa shape index (κ1) is 16.2. The topological polar surface area (TPSA) is 47.3 Å². The molecule has 7 heteroatoms. The van der Waals surface area contributed by atoms with E-state index in [4.69, 9.17) is 4.98 Å². The molecule has 0 unspecified atom stereocenters. The highest BCUT2D eigenvalue weighted by atomic mass is 32.2. The van der Waals surface area contributed by atoms with Crippen molar-refractivity contribution in [1.82, 2.24) is 9.88 Å². The van der Waals surface area contributed by atoms with Crippen LogP contribution in [0, 0.1) is 0 Å². The van der Waals surface area contributed by atoms with Crippen molar-refractivity contribution >= 4 is 35.0 Å². The van der Waals surface area contributed by atoms with Crippen LogP contribution >= 0.6 is 11.8 Å². The van der Waals surface area contributed by atoms with Gasteiger partial charge in [-0.3, -0.25) is 5.32 Å². The smallest absolute Gasteiger partial charge is 0.250 e. The highest BCUT2D eigenvalue weighted by molar-refractivity contribution is 8.03. The summed E-state index contributed by atoms with van der Waals surface area (Å²) in [6.07, 6.45) is 4.10. The van der Waals surface area contributed by atoms with Crippen LogP contribution < -0.4 is 20.1 Å². The number of hydrogen-bond donors (Lipinski definition) is 2. The molecular weight excluding hydrogens is 332 g/mol. The summed E-state index contributed by atoms with van der Waals surface area (Å²) in [6.45, 7) is 2.63. The Morgan fingerprint density at radius 1 is 1.32 bits per heavy atom. The van der Waals surface area contributed by atoms with Gasteiger partial charge in [-0.05, 0) is 26.2 Å². The Morgan fingerprint density at radius 2 is 2.16 bits per heavy atom. The predicted molar refractivity (Wildman–Crippen MR) is 104 cm³/mol. The van der Waals surface area contributed by atoms with Crippen LogP contribution in [0.5, 0.6) is 0 Å². The van der Waals surface area contributed by atoms with Crippen LogP contribution in [-0.4, -0.2) is 44.2 Å². The lowest BCUT2D eigenvalue weighted by atomic mass is 10.3. The molecule has 0 fully saturated rings. The second-order valence-electron chi connectivity index (χ2n) is 6.49. The third-order valence-corrected chi connectivity index (χ3v) is 5.62. The molecule has 0 saturated carbocycles. The summed E-state index contributed by atoms with van der Waals surface area (Å²) in [5.41, 5.74) is 3.31. The fraction of sp³-hybridized carbons (Fsp3) is 0.333. The monoisotopic (exact) mass is 355 g/mol. The second-order valence-corrected chi connectivity index (χ2v) is 7.55. The molecule has 0 aliphatic carbocycles. The average molecular weight is 355 g/mol. The number of anilines is 3. The van der Waals surface area contributed by atoms with Gasteiger partial charge in [-0.2, -0.15) is 0 Å². The average Bonchev–Trinajstić information content (AvgIpc) is 3.20. The minimum atomic E-state index is 0.738. The third-order valence-electron chi connectivity index (χ3n) is 4.46. The normalized spacial score (nSPS) is 16.8. The number of rotatable bonds is 4. The quantitative estimate of drug-likeness (QED) is 0.821. The van der Waals surface area contributed by atoms with Crippen LogP contribution in [-0.2, 0) is 6.54 Å². The Kier molecular flexibility index (Phi) is 4.27. The summed E-state index contributed by atoms with van der Waals surface area (Å²) in [7, 11) is 6.28. The Morgan fingerprint density at radius 3 is 2.96 bits per heavy atom. The van der Waals surface area contributed by atoms with Gasteiger partial charge in [0.15, 0.2) is 11.4 Å². The van der Waals surface area contributed by atoms with Crippen LogP contribution in [0.25, 0.3) is 6.08 Å². The summed E-state index contributed by atoms with van der Waals surface area (Å²) in [5, 5.41) is 8.05. The maximum Gasteiger partial charge on any atom is 0.250 e. The first-order valence-corrected chi connectivity index (χ1v) is 9.22. The molecule has 0 atom stereocenters. The Hall–Kier alpha value is -2.25. The summed E-state index contributed by atoms with van der Waals surface area (Å²) in [4.78, 5) is 10.4. The van der Waals surface area contributed by atoms with Gasteiger partial charge in [0.25, 0.3) is 0 Å². The van der Waals surface area contributed by atoms with E-state index in [0.29, 0.717) is 0 Å². The fourth-order valence-electron chi connectivity index (χ4n) is 3.05. The molecule has 2 aliphatic rings. The summed E-state index contributed by atoms with van der Waals surface area (Å²) in [5.74, 6) is 1.12. The number of benzene rings is 1. The summed E-state index contributed by atoms with van der Waals surface area (Å²) in [6, 6.07) is 8.48. The summed E-state index contributed by atoms with van der Waals surface area (Å²) >= 11 is 1.79. The van der Waals surface area contributed by atoms with E-state index in [0.717, 1.165) is 37.0 Å². The van der Waals surface area contributed by atoms with Crippen molar-refractivity contribution in [2.75, 3.05) is 49.9 Å². The van der Waals surface area contributed by atoms with E-state index in [1.54, 1.807) is 11.8 Å². The van der Waals surface area contributed by atoms with E-state index < -0.39 is 0 Å². The molecule has 0 saturated heterocycles. The zero-order chi connectivity index (χ0) is 17.4. The van der Waals surface area contributed by atoms with Gasteiger partial charge in [-0.1, -0.05) is 23.9 Å². The van der Waals surface area contributed by atoms with Gasteiger partial charge in [0, 0.05) is 24.6 Å². The number of aromatic nitrogens is 2. The lowest BCUT2D eigenvalue weighted by Crippen LogP contribution is -2.41. The van der Waals surface area contributed by atoms with Crippen LogP contribution in [0.4, 0.5) is 17.2 Å². The van der Waals surface area contributed by atoms with Crippen molar-refractivity contribution in [3.63, 3.8) is 0 Å². The Labute approximate surface area is 152 Å². The Bertz CT molecular complexity index is 832. The molecule has 0 spiro atoms. The standard InChI is InChI=1S/C18H22N6S/c1-22(2)8-9-24-12-21-13(17-18(24)20-11-19-17)10-16-23(3)14-6-4-5-7-15(14)25-16/h4-7,10,12,19H,8-9,11H2,1-3H3/p+1/b16-10-. The van der Waals surface area contributed by atoms with E-state index in [9.17, 15) is 0 Å². The first-order chi connectivity index (χ1) is 12.1. The molecule has 1 aromatic carbocycles. The van der Waals surface area contributed by atoms with Crippen LogP contribution in [0.2, 0.25) is 0 Å². The number of nitrogens with zero attached hydrogens (tertiary/aromatic N) is 4. The minimum Gasteiger partial charge on any atom is -0.348 e. The number of thioether (sulfide) groups is 1. The van der Waals surface area contributed by atoms with E-state index in [1.165, 1.54) is 15.6 Å². The van der Waals surface area contributed by atoms with Crippen molar-refractivity contribution in [3.05, 3.63) is 41.3 Å². The van der Waals surface area contributed by atoms with Crippen molar-refractivity contribution in [2.24, 2.45) is 0 Å². The molecule has 2 N–H and O–H groups in total. The predicted octanol–water partition coefficient (Wildman–Crippen LogP) is 2.27. The minimum absolute atomic E-state index is 0.738. The molecule has 4 rings (SSSR count). The van der Waals surface area contributed by atoms with Gasteiger partial charge in [-0.25, -0.2) is 4.57 Å². The highest BCUT2D eigenvalue weighted by Crippen LogP contribution is 2.45. The first-order valence-electron chi connectivity index (χ1n) is 8.40. The van der Waals surface area contributed by atoms with Crippen LogP contribution in [0.15, 0.2) is 40.5 Å². The van der Waals surface area contributed by atoms with E-state index in [1.807, 2.05) is 6.33 Å². The molecule has 130 valence electrons. The van der Waals surface area contributed by atoms with Gasteiger partial charge in [0.2, 0.25) is 12.1 Å². The van der Waals surface area contributed by atoms with E-state index in [2.05, 4.69) is 76.5 Å². The van der Waals surface area contributed by atoms with Gasteiger partial charge in [-0.15, -0.1) is 4.98 Å². The fourth-order valence-corrected chi connectivity index (χ4v) is 4.14. The largest absolute Gasteiger partial charge is 0.348 e. The number of para-hydroxylation sites is 1. The van der Waals surface area contributed by atoms with Gasteiger partial charge < -0.3 is 15.1 Å². The van der Waals surface area contributed by atoms with Crippen molar-refractivity contribution in [1.29, 1.82) is 0 Å². The van der Waals surface area contributed by atoms with Gasteiger partial charge in [0.05, 0.1) is 17.3 Å². The lowest BCUT2D eigenvalue weighted by Gasteiger charge is -2.13. The van der Waals surface area contributed by atoms with Gasteiger partial charge >= 0.3 is 0 Å². The number of nitrogens with one attached hydrogen (secondary N) is 2. The zero-order valence-corrected chi connectivity index (χ0v) is 15.6. The molecular formula is C18H23N6S+. The molecule has 2 aliphatic heterocycles. The van der Waals surface area contributed by atoms with E-state index >= 15 is 0 Å². The second kappa shape index (κ2) is 6.57. The maximum atomic E-state index is 4.71. The molecule has 1 aromatic heterocycles. The highest BCUT2D eigenvalue weighted by Gasteiger charge is 2.27. The number of hydrogen-bond acceptors (Lipinski definition) is 6.